The summed E-state index contributed by atoms with van der Waals surface area (Å²) in [4.78, 5) is 14.6. The standard InChI is InChI=1S/C20H29N5O2/c1-16(2)18-6-4-17(5-7-18)12-25-10-3-8-20(27,19(25)26)13-21-9-11-24-14-22-23-15-24/h4-7,14-16,21,27H,3,8-13H2,1-2H3. The molecule has 146 valence electrons. The Hall–Kier alpha value is -2.25. The first-order valence-electron chi connectivity index (χ1n) is 9.62. The van der Waals surface area contributed by atoms with Crippen molar-refractivity contribution in [2.45, 2.75) is 51.3 Å². The smallest absolute Gasteiger partial charge is 0.256 e. The average Bonchev–Trinajstić information content (AvgIpc) is 3.17. The van der Waals surface area contributed by atoms with Gasteiger partial charge >= 0.3 is 0 Å². The fraction of sp³-hybridized carbons (Fsp3) is 0.550. The molecule has 2 N–H and O–H groups in total. The van der Waals surface area contributed by atoms with E-state index in [-0.39, 0.29) is 12.5 Å². The molecule has 1 unspecified atom stereocenters. The number of amides is 1. The molecule has 1 aromatic carbocycles. The van der Waals surface area contributed by atoms with E-state index in [2.05, 4.69) is 53.6 Å². The van der Waals surface area contributed by atoms with E-state index in [1.165, 1.54) is 5.56 Å². The molecule has 1 aromatic heterocycles. The Bertz CT molecular complexity index is 729. The van der Waals surface area contributed by atoms with Crippen molar-refractivity contribution >= 4 is 5.91 Å². The number of rotatable bonds is 8. The van der Waals surface area contributed by atoms with Crippen LogP contribution < -0.4 is 5.32 Å². The van der Waals surface area contributed by atoms with E-state index in [9.17, 15) is 9.90 Å². The summed E-state index contributed by atoms with van der Waals surface area (Å²) < 4.78 is 1.85. The molecule has 1 aliphatic heterocycles. The molecule has 1 fully saturated rings. The molecule has 1 atom stereocenters. The van der Waals surface area contributed by atoms with Crippen LogP contribution in [0, 0.1) is 0 Å². The highest BCUT2D eigenvalue weighted by Gasteiger charge is 2.41. The van der Waals surface area contributed by atoms with Crippen LogP contribution in [0.4, 0.5) is 0 Å². The topological polar surface area (TPSA) is 83.3 Å². The van der Waals surface area contributed by atoms with Gasteiger partial charge in [-0.3, -0.25) is 4.79 Å². The molecule has 1 aliphatic rings. The zero-order valence-corrected chi connectivity index (χ0v) is 16.1. The van der Waals surface area contributed by atoms with Gasteiger partial charge in [0.1, 0.15) is 12.7 Å². The van der Waals surface area contributed by atoms with Crippen molar-refractivity contribution in [3.8, 4) is 0 Å². The number of nitrogens with one attached hydrogen (secondary N) is 1. The minimum atomic E-state index is -1.33. The van der Waals surface area contributed by atoms with Gasteiger partial charge in [-0.05, 0) is 29.9 Å². The highest BCUT2D eigenvalue weighted by molar-refractivity contribution is 5.86. The number of likely N-dealkylation sites (tertiary alicyclic amines) is 1. The van der Waals surface area contributed by atoms with Crippen LogP contribution in [0.2, 0.25) is 0 Å². The summed E-state index contributed by atoms with van der Waals surface area (Å²) in [7, 11) is 0. The van der Waals surface area contributed by atoms with Gasteiger partial charge in [0.2, 0.25) is 0 Å². The summed E-state index contributed by atoms with van der Waals surface area (Å²) in [6, 6.07) is 8.39. The highest BCUT2D eigenvalue weighted by atomic mass is 16.3. The summed E-state index contributed by atoms with van der Waals surface area (Å²) in [6.07, 6.45) is 4.59. The van der Waals surface area contributed by atoms with Crippen molar-refractivity contribution in [3.63, 3.8) is 0 Å². The first-order chi connectivity index (χ1) is 13.0. The zero-order valence-electron chi connectivity index (χ0n) is 16.1. The van der Waals surface area contributed by atoms with Crippen LogP contribution >= 0.6 is 0 Å². The van der Waals surface area contributed by atoms with Crippen LogP contribution in [0.25, 0.3) is 0 Å². The minimum absolute atomic E-state index is 0.182. The van der Waals surface area contributed by atoms with Crippen molar-refractivity contribution in [2.75, 3.05) is 19.6 Å². The van der Waals surface area contributed by atoms with Crippen LogP contribution in [0.5, 0.6) is 0 Å². The molecule has 1 amide bonds. The number of hydrogen-bond acceptors (Lipinski definition) is 5. The van der Waals surface area contributed by atoms with Crippen LogP contribution in [0.15, 0.2) is 36.9 Å². The summed E-state index contributed by atoms with van der Waals surface area (Å²) in [5.41, 5.74) is 1.05. The van der Waals surface area contributed by atoms with Crippen LogP contribution in [-0.4, -0.2) is 55.9 Å². The van der Waals surface area contributed by atoms with Crippen LogP contribution in [0.3, 0.4) is 0 Å². The average molecular weight is 371 g/mol. The molecular formula is C20H29N5O2. The first-order valence-corrected chi connectivity index (χ1v) is 9.62. The lowest BCUT2D eigenvalue weighted by atomic mass is 9.91. The van der Waals surface area contributed by atoms with Crippen molar-refractivity contribution in [2.24, 2.45) is 0 Å². The molecule has 0 spiro atoms. The highest BCUT2D eigenvalue weighted by Crippen LogP contribution is 2.24. The SMILES string of the molecule is CC(C)c1ccc(CN2CCCC(O)(CNCCn3cnnc3)C2=O)cc1. The molecule has 1 saturated heterocycles. The number of aliphatic hydroxyl groups is 1. The van der Waals surface area contributed by atoms with Crippen molar-refractivity contribution in [3.05, 3.63) is 48.0 Å². The monoisotopic (exact) mass is 371 g/mol. The van der Waals surface area contributed by atoms with Gasteiger partial charge in [-0.2, -0.15) is 0 Å². The molecule has 0 bridgehead atoms. The molecule has 7 heteroatoms. The Morgan fingerprint density at radius 3 is 2.59 bits per heavy atom. The predicted octanol–water partition coefficient (Wildman–Crippen LogP) is 1.54. The maximum Gasteiger partial charge on any atom is 0.256 e. The van der Waals surface area contributed by atoms with Gasteiger partial charge in [0.25, 0.3) is 5.91 Å². The summed E-state index contributed by atoms with van der Waals surface area (Å²) in [5, 5.41) is 21.6. The molecule has 0 aliphatic carbocycles. The number of nitrogens with zero attached hydrogens (tertiary/aromatic N) is 4. The molecule has 0 radical (unpaired) electrons. The van der Waals surface area contributed by atoms with Gasteiger partial charge in [-0.15, -0.1) is 10.2 Å². The lowest BCUT2D eigenvalue weighted by molar-refractivity contribution is -0.157. The van der Waals surface area contributed by atoms with E-state index in [1.54, 1.807) is 17.6 Å². The Labute approximate surface area is 160 Å². The normalized spacial score (nSPS) is 20.4. The number of carbonyl (C=O) groups is 1. The Kier molecular flexibility index (Phi) is 6.23. The van der Waals surface area contributed by atoms with E-state index in [0.29, 0.717) is 38.5 Å². The number of benzene rings is 1. The number of hydrogen-bond donors (Lipinski definition) is 2. The number of carbonyl (C=O) groups excluding carboxylic acids is 1. The maximum atomic E-state index is 12.9. The Balaban J connectivity index is 1.53. The lowest BCUT2D eigenvalue weighted by Crippen LogP contribution is -2.57. The quantitative estimate of drug-likeness (QED) is 0.688. The number of aromatic nitrogens is 3. The maximum absolute atomic E-state index is 12.9. The molecule has 7 nitrogen and oxygen atoms in total. The second-order valence-corrected chi connectivity index (χ2v) is 7.63. The van der Waals surface area contributed by atoms with Gasteiger partial charge in [0.05, 0.1) is 0 Å². The summed E-state index contributed by atoms with van der Waals surface area (Å²) in [5.74, 6) is 0.309. The molecule has 2 heterocycles. The van der Waals surface area contributed by atoms with E-state index >= 15 is 0 Å². The van der Waals surface area contributed by atoms with Gasteiger partial charge in [0, 0.05) is 32.7 Å². The first kappa shape index (κ1) is 19.5. The third kappa shape index (κ3) is 4.93. The predicted molar refractivity (Wildman–Crippen MR) is 103 cm³/mol. The third-order valence-electron chi connectivity index (χ3n) is 5.15. The molecule has 0 saturated carbocycles. The third-order valence-corrected chi connectivity index (χ3v) is 5.15. The Morgan fingerprint density at radius 1 is 1.22 bits per heavy atom. The minimum Gasteiger partial charge on any atom is -0.379 e. The van der Waals surface area contributed by atoms with E-state index in [0.717, 1.165) is 12.0 Å². The van der Waals surface area contributed by atoms with Gasteiger partial charge in [-0.25, -0.2) is 0 Å². The molecular weight excluding hydrogens is 342 g/mol. The van der Waals surface area contributed by atoms with Crippen LogP contribution in [-0.2, 0) is 17.9 Å². The van der Waals surface area contributed by atoms with Crippen LogP contribution in [0.1, 0.15) is 43.7 Å². The largest absolute Gasteiger partial charge is 0.379 e. The summed E-state index contributed by atoms with van der Waals surface area (Å²) >= 11 is 0. The Morgan fingerprint density at radius 2 is 1.93 bits per heavy atom. The van der Waals surface area contributed by atoms with E-state index < -0.39 is 5.60 Å². The van der Waals surface area contributed by atoms with Crippen molar-refractivity contribution in [1.82, 2.24) is 25.0 Å². The fourth-order valence-electron chi connectivity index (χ4n) is 3.45. The van der Waals surface area contributed by atoms with Gasteiger partial charge in [-0.1, -0.05) is 38.1 Å². The second-order valence-electron chi connectivity index (χ2n) is 7.63. The van der Waals surface area contributed by atoms with Gasteiger partial charge < -0.3 is 19.9 Å². The van der Waals surface area contributed by atoms with Crippen molar-refractivity contribution in [1.29, 1.82) is 0 Å². The number of piperidine rings is 1. The van der Waals surface area contributed by atoms with Gasteiger partial charge in [0.15, 0.2) is 5.60 Å². The van der Waals surface area contributed by atoms with E-state index in [1.807, 2.05) is 4.57 Å². The molecule has 27 heavy (non-hydrogen) atoms. The summed E-state index contributed by atoms with van der Waals surface area (Å²) in [6.45, 7) is 7.16. The van der Waals surface area contributed by atoms with E-state index in [4.69, 9.17) is 0 Å². The lowest BCUT2D eigenvalue weighted by Gasteiger charge is -2.38. The molecule has 2 aromatic rings. The zero-order chi connectivity index (χ0) is 19.3. The van der Waals surface area contributed by atoms with Crippen molar-refractivity contribution < 1.29 is 9.90 Å². The second kappa shape index (κ2) is 8.63. The fourth-order valence-corrected chi connectivity index (χ4v) is 3.45. The molecule has 3 rings (SSSR count).